The van der Waals surface area contributed by atoms with E-state index in [-0.39, 0.29) is 17.7 Å². The fraction of sp³-hybridized carbons (Fsp3) is 0.600. The number of aromatic nitrogens is 2. The summed E-state index contributed by atoms with van der Waals surface area (Å²) in [6.45, 7) is 6.31. The van der Waals surface area contributed by atoms with Crippen LogP contribution in [-0.4, -0.2) is 21.6 Å². The number of ketones is 1. The van der Waals surface area contributed by atoms with E-state index in [9.17, 15) is 4.79 Å². The van der Waals surface area contributed by atoms with Crippen molar-refractivity contribution >= 4 is 21.7 Å². The molecule has 0 amide bonds. The molecule has 0 spiro atoms. The summed E-state index contributed by atoms with van der Waals surface area (Å²) in [5, 5.41) is 4.11. The number of carbonyl (C=O) groups is 1. The second-order valence-corrected chi connectivity index (χ2v) is 4.52. The lowest BCUT2D eigenvalue weighted by molar-refractivity contribution is 0.0905. The Morgan fingerprint density at radius 3 is 2.73 bits per heavy atom. The molecule has 15 heavy (non-hydrogen) atoms. The van der Waals surface area contributed by atoms with Gasteiger partial charge in [0.1, 0.15) is 5.69 Å². The molecular weight excluding hydrogens is 258 g/mol. The highest BCUT2D eigenvalue weighted by molar-refractivity contribution is 9.10. The molecule has 84 valence electrons. The van der Waals surface area contributed by atoms with Gasteiger partial charge in [0.2, 0.25) is 0 Å². The van der Waals surface area contributed by atoms with Crippen LogP contribution in [0.3, 0.4) is 0 Å². The lowest BCUT2D eigenvalue weighted by atomic mass is 9.97. The number of carbonyl (C=O) groups excluding carboxylic acids is 1. The zero-order chi connectivity index (χ0) is 11.6. The molecule has 5 heteroatoms. The molecule has 2 unspecified atom stereocenters. The summed E-state index contributed by atoms with van der Waals surface area (Å²) in [5.74, 6) is -0.153. The van der Waals surface area contributed by atoms with Gasteiger partial charge >= 0.3 is 0 Å². The van der Waals surface area contributed by atoms with Gasteiger partial charge in [0.15, 0.2) is 5.78 Å². The molecule has 0 radical (unpaired) electrons. The molecule has 1 heterocycles. The second-order valence-electron chi connectivity index (χ2n) is 3.67. The average molecular weight is 274 g/mol. The molecule has 0 saturated heterocycles. The van der Waals surface area contributed by atoms with Crippen LogP contribution in [0.1, 0.15) is 31.3 Å². The van der Waals surface area contributed by atoms with Gasteiger partial charge in [-0.2, -0.15) is 5.10 Å². The van der Waals surface area contributed by atoms with Crippen molar-refractivity contribution in [3.05, 3.63) is 16.4 Å². The molecule has 2 atom stereocenters. The number of hydrogen-bond acceptors (Lipinski definition) is 3. The zero-order valence-corrected chi connectivity index (χ0v) is 10.8. The van der Waals surface area contributed by atoms with Gasteiger partial charge in [0.05, 0.1) is 10.7 Å². The first-order valence-corrected chi connectivity index (χ1v) is 5.79. The van der Waals surface area contributed by atoms with Crippen LogP contribution in [0.2, 0.25) is 0 Å². The van der Waals surface area contributed by atoms with Gasteiger partial charge < -0.3 is 5.73 Å². The molecule has 0 bridgehead atoms. The predicted octanol–water partition coefficient (Wildman–Crippen LogP) is 1.83. The van der Waals surface area contributed by atoms with Crippen molar-refractivity contribution < 1.29 is 4.79 Å². The van der Waals surface area contributed by atoms with Crippen molar-refractivity contribution in [1.82, 2.24) is 9.78 Å². The van der Waals surface area contributed by atoms with E-state index in [2.05, 4.69) is 21.0 Å². The van der Waals surface area contributed by atoms with E-state index in [1.54, 1.807) is 10.9 Å². The van der Waals surface area contributed by atoms with Crippen molar-refractivity contribution in [2.75, 3.05) is 0 Å². The average Bonchev–Trinajstić information content (AvgIpc) is 2.57. The number of aryl methyl sites for hydroxylation is 1. The first kappa shape index (κ1) is 12.4. The first-order chi connectivity index (χ1) is 6.99. The highest BCUT2D eigenvalue weighted by Crippen LogP contribution is 2.20. The normalized spacial score (nSPS) is 15.0. The van der Waals surface area contributed by atoms with Crippen LogP contribution in [-0.2, 0) is 6.54 Å². The van der Waals surface area contributed by atoms with Gasteiger partial charge in [-0.25, -0.2) is 0 Å². The van der Waals surface area contributed by atoms with Crippen LogP contribution in [0, 0.1) is 5.92 Å². The summed E-state index contributed by atoms with van der Waals surface area (Å²) in [6.07, 6.45) is 1.64. The third kappa shape index (κ3) is 2.46. The van der Waals surface area contributed by atoms with E-state index >= 15 is 0 Å². The minimum absolute atomic E-state index is 0.0382. The Hall–Kier alpha value is -0.680. The fourth-order valence-corrected chi connectivity index (χ4v) is 1.79. The predicted molar refractivity (Wildman–Crippen MR) is 62.7 cm³/mol. The molecule has 0 aliphatic heterocycles. The van der Waals surface area contributed by atoms with Gasteiger partial charge in [0.25, 0.3) is 0 Å². The summed E-state index contributed by atoms with van der Waals surface area (Å²) in [7, 11) is 0. The van der Waals surface area contributed by atoms with Crippen LogP contribution < -0.4 is 5.73 Å². The summed E-state index contributed by atoms with van der Waals surface area (Å²) in [4.78, 5) is 12.1. The molecule has 1 aromatic heterocycles. The molecule has 4 nitrogen and oxygen atoms in total. The lowest BCUT2D eigenvalue weighted by Gasteiger charge is -2.15. The van der Waals surface area contributed by atoms with E-state index in [0.29, 0.717) is 12.2 Å². The van der Waals surface area contributed by atoms with Gasteiger partial charge in [0, 0.05) is 18.5 Å². The molecule has 1 rings (SSSR count). The fourth-order valence-electron chi connectivity index (χ4n) is 1.30. The highest BCUT2D eigenvalue weighted by Gasteiger charge is 2.24. The summed E-state index contributed by atoms with van der Waals surface area (Å²) < 4.78 is 2.42. The smallest absolute Gasteiger partial charge is 0.186 e. The topological polar surface area (TPSA) is 60.9 Å². The molecular formula is C10H16BrN3O. The molecule has 2 N–H and O–H groups in total. The van der Waals surface area contributed by atoms with E-state index in [1.165, 1.54) is 0 Å². The lowest BCUT2D eigenvalue weighted by Crippen LogP contribution is -2.32. The zero-order valence-electron chi connectivity index (χ0n) is 9.20. The van der Waals surface area contributed by atoms with Crippen LogP contribution in [0.15, 0.2) is 10.7 Å². The molecule has 0 aliphatic carbocycles. The van der Waals surface area contributed by atoms with Crippen LogP contribution in [0.5, 0.6) is 0 Å². The van der Waals surface area contributed by atoms with Crippen molar-refractivity contribution in [3.8, 4) is 0 Å². The second kappa shape index (κ2) is 4.90. The van der Waals surface area contributed by atoms with Gasteiger partial charge in [-0.1, -0.05) is 6.92 Å². The Morgan fingerprint density at radius 2 is 2.27 bits per heavy atom. The van der Waals surface area contributed by atoms with Crippen molar-refractivity contribution in [1.29, 1.82) is 0 Å². The van der Waals surface area contributed by atoms with Gasteiger partial charge in [-0.15, -0.1) is 0 Å². The maximum atomic E-state index is 12.1. The molecule has 0 saturated carbocycles. The van der Waals surface area contributed by atoms with Crippen molar-refractivity contribution in [2.24, 2.45) is 11.7 Å². The maximum absolute atomic E-state index is 12.1. The third-order valence-corrected chi connectivity index (χ3v) is 3.11. The first-order valence-electron chi connectivity index (χ1n) is 5.00. The number of halogens is 1. The Balaban J connectivity index is 3.04. The molecule has 1 aromatic rings. The number of nitrogens with two attached hydrogens (primary N) is 1. The summed E-state index contributed by atoms with van der Waals surface area (Å²) in [6, 6.07) is -0.149. The molecule has 0 aliphatic rings. The summed E-state index contributed by atoms with van der Waals surface area (Å²) >= 11 is 3.33. The van der Waals surface area contributed by atoms with Crippen LogP contribution in [0.4, 0.5) is 0 Å². The van der Waals surface area contributed by atoms with Gasteiger partial charge in [-0.3, -0.25) is 9.48 Å². The largest absolute Gasteiger partial charge is 0.327 e. The quantitative estimate of drug-likeness (QED) is 0.852. The Kier molecular flexibility index (Phi) is 4.04. The minimum atomic E-state index is -0.191. The van der Waals surface area contributed by atoms with E-state index in [4.69, 9.17) is 5.73 Å². The van der Waals surface area contributed by atoms with Gasteiger partial charge in [-0.05, 0) is 29.8 Å². The number of nitrogens with zero attached hydrogens (tertiary/aromatic N) is 2. The summed E-state index contributed by atoms with van der Waals surface area (Å²) in [5.41, 5.74) is 6.33. The standard InChI is InChI=1S/C10H16BrN3O/c1-4-14-9(8(11)5-13-14)10(15)6(2)7(3)12/h5-7H,4,12H2,1-3H3. The number of Topliss-reactive ketones (excluding diaryl/α,β-unsaturated/α-hetero) is 1. The monoisotopic (exact) mass is 273 g/mol. The Morgan fingerprint density at radius 1 is 1.67 bits per heavy atom. The minimum Gasteiger partial charge on any atom is -0.327 e. The SMILES string of the molecule is CCn1ncc(Br)c1C(=O)C(C)C(C)N. The van der Waals surface area contributed by atoms with Crippen LogP contribution in [0.25, 0.3) is 0 Å². The Labute approximate surface area is 98.0 Å². The van der Waals surface area contributed by atoms with E-state index in [1.807, 2.05) is 20.8 Å². The van der Waals surface area contributed by atoms with E-state index < -0.39 is 0 Å². The molecule has 0 aromatic carbocycles. The Bertz CT molecular complexity index is 360. The van der Waals surface area contributed by atoms with Crippen LogP contribution >= 0.6 is 15.9 Å². The van der Waals surface area contributed by atoms with Crippen molar-refractivity contribution in [3.63, 3.8) is 0 Å². The number of hydrogen-bond donors (Lipinski definition) is 1. The van der Waals surface area contributed by atoms with E-state index in [0.717, 1.165) is 4.47 Å². The molecule has 0 fully saturated rings. The maximum Gasteiger partial charge on any atom is 0.186 e. The third-order valence-electron chi connectivity index (χ3n) is 2.53. The number of rotatable bonds is 4. The highest BCUT2D eigenvalue weighted by atomic mass is 79.9. The van der Waals surface area contributed by atoms with Crippen molar-refractivity contribution in [2.45, 2.75) is 33.4 Å².